The summed E-state index contributed by atoms with van der Waals surface area (Å²) in [6, 6.07) is 14.7. The average molecular weight is 485 g/mol. The Morgan fingerprint density at radius 3 is 2.42 bits per heavy atom. The van der Waals surface area contributed by atoms with Gasteiger partial charge in [-0.15, -0.1) is 0 Å². The maximum atomic E-state index is 13.2. The van der Waals surface area contributed by atoms with Crippen molar-refractivity contribution in [3.63, 3.8) is 0 Å². The Balaban J connectivity index is 1.64. The first-order chi connectivity index (χ1) is 15.7. The molecule has 1 aromatic heterocycles. The van der Waals surface area contributed by atoms with Crippen LogP contribution in [-0.2, 0) is 20.2 Å². The molecule has 1 fully saturated rings. The normalized spacial score (nSPS) is 15.7. The highest BCUT2D eigenvalue weighted by Crippen LogP contribution is 2.35. The van der Waals surface area contributed by atoms with Crippen molar-refractivity contribution < 1.29 is 17.9 Å². The summed E-state index contributed by atoms with van der Waals surface area (Å²) in [4.78, 5) is 17.4. The second kappa shape index (κ2) is 9.25. The van der Waals surface area contributed by atoms with Gasteiger partial charge in [0.15, 0.2) is 5.78 Å². The van der Waals surface area contributed by atoms with E-state index in [9.17, 15) is 13.2 Å². The summed E-state index contributed by atoms with van der Waals surface area (Å²) >= 11 is 6.13. The second-order valence-electron chi connectivity index (χ2n) is 8.46. The van der Waals surface area contributed by atoms with Gasteiger partial charge in [0.2, 0.25) is 0 Å². The van der Waals surface area contributed by atoms with Crippen molar-refractivity contribution in [2.24, 2.45) is 0 Å². The molecule has 4 rings (SSSR count). The zero-order valence-electron chi connectivity index (χ0n) is 18.5. The third kappa shape index (κ3) is 4.95. The smallest absolute Gasteiger partial charge is 0.261 e. The van der Waals surface area contributed by atoms with Gasteiger partial charge in [-0.05, 0) is 73.2 Å². The van der Waals surface area contributed by atoms with Crippen molar-refractivity contribution in [1.29, 1.82) is 0 Å². The number of hydrogen-bond donors (Lipinski definition) is 1. The van der Waals surface area contributed by atoms with Gasteiger partial charge in [-0.2, -0.15) is 0 Å². The minimum atomic E-state index is -3.93. The molecule has 1 aliphatic rings. The molecule has 3 aromatic rings. The predicted octanol–water partition coefficient (Wildman–Crippen LogP) is 5.14. The first-order valence-electron chi connectivity index (χ1n) is 10.7. The lowest BCUT2D eigenvalue weighted by atomic mass is 9.76. The van der Waals surface area contributed by atoms with E-state index in [1.807, 2.05) is 12.1 Å². The molecule has 8 heteroatoms. The van der Waals surface area contributed by atoms with Crippen LogP contribution in [0.3, 0.4) is 0 Å². The molecule has 1 N–H and O–H groups in total. The van der Waals surface area contributed by atoms with Crippen molar-refractivity contribution in [3.05, 3.63) is 88.2 Å². The molecule has 6 nitrogen and oxygen atoms in total. The molecule has 0 saturated carbocycles. The van der Waals surface area contributed by atoms with Crippen molar-refractivity contribution in [2.45, 2.75) is 37.0 Å². The van der Waals surface area contributed by atoms with Crippen LogP contribution in [0.2, 0.25) is 5.02 Å². The number of halogens is 1. The van der Waals surface area contributed by atoms with E-state index < -0.39 is 10.0 Å². The number of anilines is 1. The number of pyridine rings is 1. The lowest BCUT2D eigenvalue weighted by Gasteiger charge is -2.34. The fourth-order valence-electron chi connectivity index (χ4n) is 4.01. The molecule has 0 atom stereocenters. The third-order valence-electron chi connectivity index (χ3n) is 6.18. The number of nitrogens with one attached hydrogen (secondary N) is 1. The Morgan fingerprint density at radius 2 is 1.76 bits per heavy atom. The molecule has 1 saturated heterocycles. The Labute approximate surface area is 199 Å². The van der Waals surface area contributed by atoms with E-state index in [1.165, 1.54) is 12.1 Å². The van der Waals surface area contributed by atoms with Crippen LogP contribution >= 0.6 is 11.6 Å². The molecule has 0 radical (unpaired) electrons. The molecule has 0 aliphatic carbocycles. The Hall–Kier alpha value is -2.74. The number of aromatic nitrogens is 1. The molecule has 2 heterocycles. The third-order valence-corrected chi connectivity index (χ3v) is 7.80. The highest BCUT2D eigenvalue weighted by atomic mass is 35.5. The molecule has 0 unspecified atom stereocenters. The van der Waals surface area contributed by atoms with Crippen LogP contribution in [0.5, 0.6) is 0 Å². The minimum Gasteiger partial charge on any atom is -0.381 e. The fourth-order valence-corrected chi connectivity index (χ4v) is 5.27. The van der Waals surface area contributed by atoms with Crippen LogP contribution in [0, 0.1) is 6.92 Å². The van der Waals surface area contributed by atoms with Gasteiger partial charge in [0, 0.05) is 41.3 Å². The van der Waals surface area contributed by atoms with E-state index in [0.29, 0.717) is 29.5 Å². The van der Waals surface area contributed by atoms with Crippen LogP contribution in [0.25, 0.3) is 0 Å². The molecule has 0 spiro atoms. The van der Waals surface area contributed by atoms with Crippen molar-refractivity contribution in [1.82, 2.24) is 4.98 Å². The second-order valence-corrected chi connectivity index (χ2v) is 10.6. The van der Waals surface area contributed by atoms with Crippen molar-refractivity contribution in [3.8, 4) is 0 Å². The summed E-state index contributed by atoms with van der Waals surface area (Å²) < 4.78 is 34.3. The van der Waals surface area contributed by atoms with Crippen LogP contribution in [0.15, 0.2) is 65.7 Å². The van der Waals surface area contributed by atoms with E-state index in [2.05, 4.69) is 16.6 Å². The van der Waals surface area contributed by atoms with Crippen LogP contribution < -0.4 is 4.72 Å². The number of hydrogen-bond acceptors (Lipinski definition) is 5. The maximum absolute atomic E-state index is 13.2. The van der Waals surface area contributed by atoms with Crippen molar-refractivity contribution in [2.75, 3.05) is 17.9 Å². The molecule has 0 bridgehead atoms. The number of benzene rings is 2. The molecule has 0 amide bonds. The van der Waals surface area contributed by atoms with Gasteiger partial charge in [0.25, 0.3) is 10.0 Å². The number of ketones is 1. The summed E-state index contributed by atoms with van der Waals surface area (Å²) in [5.74, 6) is -0.358. The number of rotatable bonds is 6. The largest absolute Gasteiger partial charge is 0.381 e. The number of nitrogens with zero attached hydrogens (tertiary/aromatic N) is 1. The molecular formula is C25H25ClN2O4S. The lowest BCUT2D eigenvalue weighted by molar-refractivity contribution is 0.0564. The number of ether oxygens (including phenoxy) is 1. The summed E-state index contributed by atoms with van der Waals surface area (Å²) in [7, 11) is -3.93. The molecule has 33 heavy (non-hydrogen) atoms. The summed E-state index contributed by atoms with van der Waals surface area (Å²) in [6.45, 7) is 5.29. The van der Waals surface area contributed by atoms with Crippen molar-refractivity contribution >= 4 is 33.1 Å². The molecule has 172 valence electrons. The van der Waals surface area contributed by atoms with Gasteiger partial charge in [0.05, 0.1) is 10.6 Å². The molecule has 1 aliphatic heterocycles. The maximum Gasteiger partial charge on any atom is 0.261 e. The summed E-state index contributed by atoms with van der Waals surface area (Å²) in [6.07, 6.45) is 3.38. The minimum absolute atomic E-state index is 0.0364. The van der Waals surface area contributed by atoms with E-state index in [-0.39, 0.29) is 27.3 Å². The first kappa shape index (κ1) is 23.4. The Morgan fingerprint density at radius 1 is 1.06 bits per heavy atom. The van der Waals surface area contributed by atoms with Crippen LogP contribution in [0.1, 0.15) is 46.9 Å². The highest BCUT2D eigenvalue weighted by Gasteiger charge is 2.30. The zero-order chi connectivity index (χ0) is 23.6. The molecular weight excluding hydrogens is 460 g/mol. The summed E-state index contributed by atoms with van der Waals surface area (Å²) in [5.41, 5.74) is 2.30. The number of sulfonamides is 1. The van der Waals surface area contributed by atoms with E-state index in [1.54, 1.807) is 43.5 Å². The van der Waals surface area contributed by atoms with Gasteiger partial charge in [-0.1, -0.05) is 30.7 Å². The topological polar surface area (TPSA) is 85.4 Å². The van der Waals surface area contributed by atoms with Crippen LogP contribution in [0.4, 0.5) is 5.69 Å². The molecule has 2 aromatic carbocycles. The Kier molecular flexibility index (Phi) is 6.56. The fraction of sp³-hybridized carbons (Fsp3) is 0.280. The zero-order valence-corrected chi connectivity index (χ0v) is 20.0. The van der Waals surface area contributed by atoms with E-state index >= 15 is 0 Å². The number of aryl methyl sites for hydroxylation is 1. The van der Waals surface area contributed by atoms with Crippen LogP contribution in [-0.4, -0.2) is 32.4 Å². The summed E-state index contributed by atoms with van der Waals surface area (Å²) in [5, 5.41) is 0.330. The van der Waals surface area contributed by atoms with Gasteiger partial charge >= 0.3 is 0 Å². The van der Waals surface area contributed by atoms with Gasteiger partial charge in [-0.25, -0.2) is 8.42 Å². The standard InChI is InChI=1S/C25H25ClN2O4S/c1-17-21(4-3-13-27-17)24(29)22-16-19(26)7-10-23(22)28-33(30,31)20-8-5-18(6-9-20)25(2)11-14-32-15-12-25/h3-10,13,16,28H,11-12,14-15H2,1-2H3. The average Bonchev–Trinajstić information content (AvgIpc) is 2.80. The van der Waals surface area contributed by atoms with Gasteiger partial charge < -0.3 is 4.74 Å². The van der Waals surface area contributed by atoms with E-state index in [0.717, 1.165) is 18.4 Å². The van der Waals surface area contributed by atoms with E-state index in [4.69, 9.17) is 16.3 Å². The van der Waals surface area contributed by atoms with Gasteiger partial charge in [0.1, 0.15) is 0 Å². The SMILES string of the molecule is Cc1ncccc1C(=O)c1cc(Cl)ccc1NS(=O)(=O)c1ccc(C2(C)CCOCC2)cc1. The number of carbonyl (C=O) groups is 1. The predicted molar refractivity (Wildman–Crippen MR) is 129 cm³/mol. The Bertz CT molecular complexity index is 1280. The number of carbonyl (C=O) groups excluding carboxylic acids is 1. The first-order valence-corrected chi connectivity index (χ1v) is 12.5. The highest BCUT2D eigenvalue weighted by molar-refractivity contribution is 7.92. The quantitative estimate of drug-likeness (QED) is 0.489. The lowest BCUT2D eigenvalue weighted by Crippen LogP contribution is -2.30. The van der Waals surface area contributed by atoms with Gasteiger partial charge in [-0.3, -0.25) is 14.5 Å². The monoisotopic (exact) mass is 484 g/mol.